The summed E-state index contributed by atoms with van der Waals surface area (Å²) in [7, 11) is 0. The van der Waals surface area contributed by atoms with Crippen LogP contribution in [0.4, 0.5) is 0 Å². The minimum Gasteiger partial charge on any atom is -0.298 e. The van der Waals surface area contributed by atoms with Crippen LogP contribution in [0, 0.1) is 0 Å². The van der Waals surface area contributed by atoms with Crippen LogP contribution in [0.15, 0.2) is 4.99 Å². The maximum atomic E-state index is 4.05. The predicted molar refractivity (Wildman–Crippen MR) is 27.2 cm³/mol. The lowest BCUT2D eigenvalue weighted by Crippen LogP contribution is -1.89. The Bertz CT molecular complexity index is 49.0. The first kappa shape index (κ1) is 3.85. The van der Waals surface area contributed by atoms with E-state index in [1.165, 1.54) is 19.3 Å². The molecule has 34 valence electrons. The molecule has 0 bridgehead atoms. The summed E-state index contributed by atoms with van der Waals surface area (Å²) in [5.41, 5.74) is 0. The molecule has 1 heterocycles. The summed E-state index contributed by atoms with van der Waals surface area (Å²) in [6.45, 7) is 1.07. The second kappa shape index (κ2) is 1.96. The largest absolute Gasteiger partial charge is 0.298 e. The van der Waals surface area contributed by atoms with Gasteiger partial charge in [-0.1, -0.05) is 0 Å². The van der Waals surface area contributed by atoms with Gasteiger partial charge in [-0.25, -0.2) is 0 Å². The summed E-state index contributed by atoms with van der Waals surface area (Å²) in [4.78, 5) is 4.05. The van der Waals surface area contributed by atoms with E-state index in [2.05, 4.69) is 4.99 Å². The van der Waals surface area contributed by atoms with E-state index in [1.807, 2.05) is 6.21 Å². The van der Waals surface area contributed by atoms with Gasteiger partial charge in [0.2, 0.25) is 0 Å². The van der Waals surface area contributed by atoms with Crippen LogP contribution in [0.5, 0.6) is 0 Å². The molecule has 0 atom stereocenters. The first-order chi connectivity index (χ1) is 3.00. The molecule has 0 saturated carbocycles. The third-order valence-corrected chi connectivity index (χ3v) is 1.000. The number of hydrogen-bond donors (Lipinski definition) is 0. The van der Waals surface area contributed by atoms with Crippen LogP contribution in [-0.2, 0) is 0 Å². The van der Waals surface area contributed by atoms with Gasteiger partial charge in [-0.15, -0.1) is 0 Å². The van der Waals surface area contributed by atoms with Gasteiger partial charge in [-0.05, 0) is 25.5 Å². The van der Waals surface area contributed by atoms with Crippen LogP contribution in [0.1, 0.15) is 19.3 Å². The van der Waals surface area contributed by atoms with Crippen molar-refractivity contribution in [1.29, 1.82) is 0 Å². The van der Waals surface area contributed by atoms with E-state index < -0.39 is 0 Å². The van der Waals surface area contributed by atoms with Gasteiger partial charge in [-0.2, -0.15) is 0 Å². The molecule has 0 aromatic carbocycles. The van der Waals surface area contributed by atoms with Gasteiger partial charge in [0.1, 0.15) is 0 Å². The average Bonchev–Trinajstić information content (AvgIpc) is 1.72. The highest BCUT2D eigenvalue weighted by molar-refractivity contribution is 5.57. The monoisotopic (exact) mass is 84.1 g/mol. The second-order valence-corrected chi connectivity index (χ2v) is 1.58. The van der Waals surface area contributed by atoms with Crippen molar-refractivity contribution in [3.63, 3.8) is 0 Å². The van der Waals surface area contributed by atoms with Gasteiger partial charge < -0.3 is 0 Å². The molecule has 1 rings (SSSR count). The molecule has 1 aliphatic rings. The summed E-state index contributed by atoms with van der Waals surface area (Å²) in [6, 6.07) is 0. The molecule has 0 radical (unpaired) electrons. The summed E-state index contributed by atoms with van der Waals surface area (Å²) >= 11 is 0. The maximum Gasteiger partial charge on any atom is 0.0385 e. The fourth-order valence-corrected chi connectivity index (χ4v) is 0.621. The molecule has 0 unspecified atom stereocenters. The fraction of sp³-hybridized carbons (Fsp3) is 0.800. The minimum atomic E-state index is 1.07. The lowest BCUT2D eigenvalue weighted by molar-refractivity contribution is 0.749. The van der Waals surface area contributed by atoms with Crippen molar-refractivity contribution >= 4 is 6.21 Å². The van der Waals surface area contributed by atoms with Gasteiger partial charge in [0.25, 0.3) is 0 Å². The topological polar surface area (TPSA) is 12.4 Å². The summed E-state index contributed by atoms with van der Waals surface area (Å²) in [6.07, 6.45) is 5.88. The highest BCUT2D eigenvalue weighted by atomic mass is 15.5. The molecule has 0 amide bonds. The highest BCUT2D eigenvalue weighted by Gasteiger charge is 1.88. The normalized spacial score (nSPS) is 21.3. The number of rotatable bonds is 0. The van der Waals surface area contributed by atoms with Crippen LogP contribution in [-0.4, -0.2) is 12.8 Å². The first-order valence-electron chi connectivity index (χ1n) is 2.48. The van der Waals surface area contributed by atoms with Crippen molar-refractivity contribution in [3.05, 3.63) is 0 Å². The average molecular weight is 84.1 g/mol. The molecule has 1 heteroatoms. The Hall–Kier alpha value is -0.330. The van der Waals surface area contributed by atoms with Crippen LogP contribution in [0.2, 0.25) is 0 Å². The quantitative estimate of drug-likeness (QED) is 0.391. The molecule has 0 spiro atoms. The van der Waals surface area contributed by atoms with Gasteiger partial charge >= 0.3 is 0 Å². The molecular formula is C5H9N. The maximum absolute atomic E-state index is 4.05. The Balaban J connectivity index is 2.26. The number of hydrogen-bond acceptors (Lipinski definition) is 1. The van der Waals surface area contributed by atoms with E-state index in [-0.39, 0.29) is 0 Å². The molecule has 0 N–H and O–H groups in total. The molecule has 0 aliphatic carbocycles. The van der Waals surface area contributed by atoms with Gasteiger partial charge in [0, 0.05) is 6.54 Å². The van der Waals surface area contributed by atoms with Crippen LogP contribution >= 0.6 is 0 Å². The zero-order valence-electron chi connectivity index (χ0n) is 3.85. The van der Waals surface area contributed by atoms with Crippen LogP contribution in [0.25, 0.3) is 0 Å². The Kier molecular flexibility index (Phi) is 1.25. The van der Waals surface area contributed by atoms with Crippen molar-refractivity contribution in [3.8, 4) is 0 Å². The Labute approximate surface area is 38.1 Å². The third kappa shape index (κ3) is 0.814. The predicted octanol–water partition coefficient (Wildman–Crippen LogP) is 1.24. The van der Waals surface area contributed by atoms with Crippen LogP contribution < -0.4 is 0 Å². The van der Waals surface area contributed by atoms with E-state index in [4.69, 9.17) is 0 Å². The SMILES string of the molecule is C1=[15N]CCCC1. The van der Waals surface area contributed by atoms with Gasteiger partial charge in [-0.3, -0.25) is 4.99 Å². The molecule has 6 heavy (non-hydrogen) atoms. The van der Waals surface area contributed by atoms with E-state index in [0.717, 1.165) is 6.54 Å². The zero-order chi connectivity index (χ0) is 4.24. The molecular weight excluding hydrogens is 75.1 g/mol. The summed E-state index contributed by atoms with van der Waals surface area (Å²) in [5.74, 6) is 0. The molecule has 0 aromatic heterocycles. The lowest BCUT2D eigenvalue weighted by Gasteiger charge is -1.97. The Morgan fingerprint density at radius 2 is 2.33 bits per heavy atom. The number of aliphatic imine (C=N–C) groups is 1. The molecule has 0 saturated heterocycles. The Morgan fingerprint density at radius 1 is 1.33 bits per heavy atom. The smallest absolute Gasteiger partial charge is 0.0385 e. The van der Waals surface area contributed by atoms with Gasteiger partial charge in [0.05, 0.1) is 0 Å². The molecule has 0 fully saturated rings. The first-order valence-corrected chi connectivity index (χ1v) is 2.48. The molecule has 0 aromatic rings. The van der Waals surface area contributed by atoms with Crippen molar-refractivity contribution in [2.24, 2.45) is 4.99 Å². The molecule has 1 aliphatic heterocycles. The minimum absolute atomic E-state index is 1.07. The third-order valence-electron chi connectivity index (χ3n) is 1.000. The fourth-order valence-electron chi connectivity index (χ4n) is 0.621. The zero-order valence-corrected chi connectivity index (χ0v) is 3.85. The van der Waals surface area contributed by atoms with E-state index in [0.29, 0.717) is 0 Å². The van der Waals surface area contributed by atoms with Crippen molar-refractivity contribution < 1.29 is 0 Å². The second-order valence-electron chi connectivity index (χ2n) is 1.58. The lowest BCUT2D eigenvalue weighted by atomic mass is 10.2. The van der Waals surface area contributed by atoms with E-state index >= 15 is 0 Å². The highest BCUT2D eigenvalue weighted by Crippen LogP contribution is 1.97. The van der Waals surface area contributed by atoms with Crippen molar-refractivity contribution in [2.75, 3.05) is 6.54 Å². The molecule has 1 nitrogen and oxygen atoms in total. The summed E-state index contributed by atoms with van der Waals surface area (Å²) in [5, 5.41) is 0. The standard InChI is InChI=1S/C5H9N/c1-2-4-6-5-3-1/h4H,1-3,5H2/i6+1. The van der Waals surface area contributed by atoms with Gasteiger partial charge in [0.15, 0.2) is 0 Å². The van der Waals surface area contributed by atoms with E-state index in [9.17, 15) is 0 Å². The van der Waals surface area contributed by atoms with Crippen molar-refractivity contribution in [2.45, 2.75) is 19.3 Å². The van der Waals surface area contributed by atoms with Crippen LogP contribution in [0.3, 0.4) is 0 Å². The summed E-state index contributed by atoms with van der Waals surface area (Å²) < 4.78 is 0. The van der Waals surface area contributed by atoms with Crippen molar-refractivity contribution in [1.82, 2.24) is 0 Å². The number of nitrogens with zero attached hydrogens (tertiary/aromatic N) is 1. The van der Waals surface area contributed by atoms with E-state index in [1.54, 1.807) is 0 Å². The Morgan fingerprint density at radius 3 is 2.50 bits per heavy atom.